The second-order valence-corrected chi connectivity index (χ2v) is 13.7. The Labute approximate surface area is 242 Å². The number of likely N-dealkylation sites (N-methyl/N-ethyl adjacent to an activating group) is 2. The van der Waals surface area contributed by atoms with Gasteiger partial charge in [0.05, 0.1) is 12.6 Å². The first kappa shape index (κ1) is 35.2. The summed E-state index contributed by atoms with van der Waals surface area (Å²) in [5.41, 5.74) is -0.578. The summed E-state index contributed by atoms with van der Waals surface area (Å²) in [7, 11) is 3.28. The molecule has 0 saturated carbocycles. The molecule has 3 amide bonds. The fourth-order valence-electron chi connectivity index (χ4n) is 4.77. The number of aliphatic hydroxyl groups is 1. The topological polar surface area (TPSA) is 99.2 Å². The van der Waals surface area contributed by atoms with Crippen LogP contribution in [0, 0.1) is 11.3 Å². The third-order valence-corrected chi connectivity index (χ3v) is 7.10. The van der Waals surface area contributed by atoms with Crippen molar-refractivity contribution < 1.29 is 24.2 Å². The second-order valence-electron chi connectivity index (χ2n) is 13.7. The predicted molar refractivity (Wildman–Crippen MR) is 161 cm³/mol. The molecule has 0 bridgehead atoms. The standard InChI is InChI=1S/C32H53N3O5/c1-21(2)24(19-22(3)20-36)34(12)28(38)25(30(4,5)6)33-27(37)26(35(13)29(39)40-31(7,8)9)32(10,11)23-17-15-14-16-18-23/h14-19,21,24-26,36H,20H2,1-13H3,(H,33,37)/b22-19+/t24-,25?,26-/m1/s1. The van der Waals surface area contributed by atoms with E-state index >= 15 is 0 Å². The van der Waals surface area contributed by atoms with Gasteiger partial charge in [-0.3, -0.25) is 14.5 Å². The van der Waals surface area contributed by atoms with Crippen molar-refractivity contribution in [3.05, 3.63) is 47.5 Å². The molecule has 1 aromatic carbocycles. The molecule has 0 aromatic heterocycles. The summed E-state index contributed by atoms with van der Waals surface area (Å²) < 4.78 is 5.63. The molecule has 0 radical (unpaired) electrons. The molecule has 8 heteroatoms. The lowest BCUT2D eigenvalue weighted by atomic mass is 9.76. The van der Waals surface area contributed by atoms with Gasteiger partial charge in [0.2, 0.25) is 11.8 Å². The Morgan fingerprint density at radius 1 is 0.950 bits per heavy atom. The van der Waals surface area contributed by atoms with Gasteiger partial charge in [-0.2, -0.15) is 0 Å². The van der Waals surface area contributed by atoms with E-state index < -0.39 is 40.5 Å². The molecule has 1 aromatic rings. The van der Waals surface area contributed by atoms with Gasteiger partial charge in [0, 0.05) is 19.5 Å². The second kappa shape index (κ2) is 13.7. The molecule has 226 valence electrons. The number of carbonyl (C=O) groups is 3. The van der Waals surface area contributed by atoms with E-state index in [1.807, 2.05) is 91.8 Å². The number of benzene rings is 1. The minimum Gasteiger partial charge on any atom is -0.444 e. The van der Waals surface area contributed by atoms with E-state index in [4.69, 9.17) is 4.74 Å². The van der Waals surface area contributed by atoms with Crippen molar-refractivity contribution in [1.82, 2.24) is 15.1 Å². The van der Waals surface area contributed by atoms with Crippen molar-refractivity contribution in [1.29, 1.82) is 0 Å². The number of amides is 3. The van der Waals surface area contributed by atoms with Crippen molar-refractivity contribution in [2.75, 3.05) is 20.7 Å². The Morgan fingerprint density at radius 3 is 1.90 bits per heavy atom. The first-order valence-electron chi connectivity index (χ1n) is 14.0. The number of nitrogens with one attached hydrogen (secondary N) is 1. The third kappa shape index (κ3) is 9.36. The average molecular weight is 560 g/mol. The molecule has 40 heavy (non-hydrogen) atoms. The quantitative estimate of drug-likeness (QED) is 0.386. The van der Waals surface area contributed by atoms with Crippen LogP contribution in [-0.4, -0.2) is 77.2 Å². The van der Waals surface area contributed by atoms with Gasteiger partial charge in [-0.1, -0.05) is 90.4 Å². The molecule has 1 unspecified atom stereocenters. The highest BCUT2D eigenvalue weighted by molar-refractivity contribution is 5.93. The lowest BCUT2D eigenvalue weighted by molar-refractivity contribution is -0.141. The van der Waals surface area contributed by atoms with Gasteiger partial charge in [-0.05, 0) is 44.6 Å². The van der Waals surface area contributed by atoms with E-state index in [0.29, 0.717) is 0 Å². The highest BCUT2D eigenvalue weighted by Crippen LogP contribution is 2.32. The van der Waals surface area contributed by atoms with Gasteiger partial charge in [0.25, 0.3) is 0 Å². The first-order valence-corrected chi connectivity index (χ1v) is 14.0. The van der Waals surface area contributed by atoms with E-state index in [1.54, 1.807) is 39.8 Å². The fraction of sp³-hybridized carbons (Fsp3) is 0.656. The van der Waals surface area contributed by atoms with E-state index in [0.717, 1.165) is 11.1 Å². The number of rotatable bonds is 10. The van der Waals surface area contributed by atoms with Crippen molar-refractivity contribution in [2.45, 2.75) is 105 Å². The van der Waals surface area contributed by atoms with Gasteiger partial charge < -0.3 is 20.1 Å². The summed E-state index contributed by atoms with van der Waals surface area (Å²) in [4.78, 5) is 44.4. The molecule has 0 spiro atoms. The maximum Gasteiger partial charge on any atom is 0.410 e. The maximum atomic E-state index is 14.2. The molecule has 3 atom stereocenters. The smallest absolute Gasteiger partial charge is 0.410 e. The van der Waals surface area contributed by atoms with Crippen molar-refractivity contribution in [3.63, 3.8) is 0 Å². The molecule has 0 aliphatic heterocycles. The Bertz CT molecular complexity index is 1030. The molecule has 0 aliphatic rings. The molecule has 0 saturated heterocycles. The zero-order chi connectivity index (χ0) is 31.2. The summed E-state index contributed by atoms with van der Waals surface area (Å²) in [6.07, 6.45) is 1.26. The Morgan fingerprint density at radius 2 is 1.48 bits per heavy atom. The van der Waals surface area contributed by atoms with Gasteiger partial charge in [-0.15, -0.1) is 0 Å². The van der Waals surface area contributed by atoms with Crippen molar-refractivity contribution >= 4 is 17.9 Å². The van der Waals surface area contributed by atoms with Crippen LogP contribution in [0.5, 0.6) is 0 Å². The molecule has 0 aliphatic carbocycles. The van der Waals surface area contributed by atoms with Crippen LogP contribution in [0.1, 0.15) is 81.7 Å². The van der Waals surface area contributed by atoms with Crippen LogP contribution in [-0.2, 0) is 19.7 Å². The number of aliphatic hydroxyl groups excluding tert-OH is 1. The molecule has 0 heterocycles. The normalized spacial score (nSPS) is 15.2. The van der Waals surface area contributed by atoms with Crippen LogP contribution < -0.4 is 5.32 Å². The SMILES string of the molecule is C/C(=C\[C@H](C(C)C)N(C)C(=O)C(NC(=O)[C@@H](N(C)C(=O)OC(C)(C)C)C(C)(C)c1ccccc1)C(C)(C)C)CO. The lowest BCUT2D eigenvalue weighted by Gasteiger charge is -2.42. The highest BCUT2D eigenvalue weighted by atomic mass is 16.6. The van der Waals surface area contributed by atoms with E-state index in [9.17, 15) is 19.5 Å². The van der Waals surface area contributed by atoms with E-state index in [-0.39, 0.29) is 24.5 Å². The molecular weight excluding hydrogens is 506 g/mol. The average Bonchev–Trinajstić information content (AvgIpc) is 2.83. The van der Waals surface area contributed by atoms with Crippen molar-refractivity contribution in [3.8, 4) is 0 Å². The van der Waals surface area contributed by atoms with Gasteiger partial charge in [0.15, 0.2) is 0 Å². The predicted octanol–water partition coefficient (Wildman–Crippen LogP) is 5.15. The number of hydrogen-bond donors (Lipinski definition) is 2. The zero-order valence-electron chi connectivity index (χ0n) is 27.0. The van der Waals surface area contributed by atoms with E-state index in [2.05, 4.69) is 5.32 Å². The van der Waals surface area contributed by atoms with Gasteiger partial charge in [-0.25, -0.2) is 4.79 Å². The first-order chi connectivity index (χ1) is 18.1. The fourth-order valence-corrected chi connectivity index (χ4v) is 4.77. The summed E-state index contributed by atoms with van der Waals surface area (Å²) in [5.74, 6) is -0.625. The molecular formula is C32H53N3O5. The summed E-state index contributed by atoms with van der Waals surface area (Å²) >= 11 is 0. The highest BCUT2D eigenvalue weighted by Gasteiger charge is 2.45. The zero-order valence-corrected chi connectivity index (χ0v) is 27.0. The van der Waals surface area contributed by atoms with Gasteiger partial charge in [0.1, 0.15) is 17.7 Å². The Kier molecular flexibility index (Phi) is 12.0. The molecule has 2 N–H and O–H groups in total. The van der Waals surface area contributed by atoms with Crippen molar-refractivity contribution in [2.24, 2.45) is 11.3 Å². The Hall–Kier alpha value is -2.87. The van der Waals surface area contributed by atoms with Crippen LogP contribution in [0.2, 0.25) is 0 Å². The monoisotopic (exact) mass is 559 g/mol. The summed E-state index contributed by atoms with van der Waals surface area (Å²) in [6, 6.07) is 7.39. The van der Waals surface area contributed by atoms with Crippen LogP contribution >= 0.6 is 0 Å². The van der Waals surface area contributed by atoms with Crippen LogP contribution in [0.25, 0.3) is 0 Å². The molecule has 8 nitrogen and oxygen atoms in total. The van der Waals surface area contributed by atoms with Crippen LogP contribution in [0.4, 0.5) is 4.79 Å². The van der Waals surface area contributed by atoms with Crippen LogP contribution in [0.15, 0.2) is 42.0 Å². The molecule has 0 fully saturated rings. The molecule has 1 rings (SSSR count). The van der Waals surface area contributed by atoms with Crippen LogP contribution in [0.3, 0.4) is 0 Å². The number of hydrogen-bond acceptors (Lipinski definition) is 5. The van der Waals surface area contributed by atoms with E-state index in [1.165, 1.54) is 4.90 Å². The number of nitrogens with zero attached hydrogens (tertiary/aromatic N) is 2. The minimum atomic E-state index is -0.981. The largest absolute Gasteiger partial charge is 0.444 e. The number of ether oxygens (including phenoxy) is 1. The lowest BCUT2D eigenvalue weighted by Crippen LogP contribution is -2.63. The Balaban J connectivity index is 3.57. The summed E-state index contributed by atoms with van der Waals surface area (Å²) in [5, 5.41) is 12.6. The summed E-state index contributed by atoms with van der Waals surface area (Å²) in [6.45, 7) is 20.6. The third-order valence-electron chi connectivity index (χ3n) is 7.10. The van der Waals surface area contributed by atoms with Gasteiger partial charge >= 0.3 is 6.09 Å². The minimum absolute atomic E-state index is 0.0786. The number of carbonyl (C=O) groups excluding carboxylic acids is 3. The maximum absolute atomic E-state index is 14.2.